The van der Waals surface area contributed by atoms with Crippen LogP contribution in [0.15, 0.2) is 18.2 Å². The van der Waals surface area contributed by atoms with Gasteiger partial charge in [-0.1, -0.05) is 6.07 Å². The second-order valence-electron chi connectivity index (χ2n) is 5.86. The summed E-state index contributed by atoms with van der Waals surface area (Å²) in [7, 11) is 1.61. The van der Waals surface area contributed by atoms with E-state index in [2.05, 4.69) is 26.1 Å². The van der Waals surface area contributed by atoms with Crippen LogP contribution in [0.3, 0.4) is 0 Å². The second kappa shape index (κ2) is 7.95. The zero-order chi connectivity index (χ0) is 15.9. The number of hydrogen-bond acceptors (Lipinski definition) is 5. The van der Waals surface area contributed by atoms with Crippen molar-refractivity contribution in [3.8, 4) is 5.75 Å². The molecule has 0 saturated carbocycles. The van der Waals surface area contributed by atoms with E-state index in [4.69, 9.17) is 9.47 Å². The minimum Gasteiger partial charge on any atom is -0.487 e. The number of nitro groups is 1. The third-order valence-corrected chi connectivity index (χ3v) is 2.79. The Morgan fingerprint density at radius 3 is 2.57 bits per heavy atom. The molecule has 21 heavy (non-hydrogen) atoms. The van der Waals surface area contributed by atoms with E-state index < -0.39 is 4.92 Å². The molecule has 0 amide bonds. The first kappa shape index (κ1) is 17.4. The van der Waals surface area contributed by atoms with Crippen molar-refractivity contribution in [2.24, 2.45) is 0 Å². The van der Waals surface area contributed by atoms with Crippen molar-refractivity contribution in [3.05, 3.63) is 33.9 Å². The van der Waals surface area contributed by atoms with Crippen LogP contribution in [0.1, 0.15) is 32.8 Å². The lowest BCUT2D eigenvalue weighted by Crippen LogP contribution is -2.35. The molecule has 0 unspecified atom stereocenters. The monoisotopic (exact) mass is 296 g/mol. The van der Waals surface area contributed by atoms with Gasteiger partial charge < -0.3 is 14.8 Å². The molecule has 0 aliphatic carbocycles. The summed E-state index contributed by atoms with van der Waals surface area (Å²) in [6, 6.07) is 4.97. The maximum atomic E-state index is 11.0. The van der Waals surface area contributed by atoms with Crippen molar-refractivity contribution in [3.63, 3.8) is 0 Å². The van der Waals surface area contributed by atoms with Crippen molar-refractivity contribution in [2.45, 2.75) is 39.3 Å². The largest absolute Gasteiger partial charge is 0.487 e. The van der Waals surface area contributed by atoms with Gasteiger partial charge in [-0.05, 0) is 32.4 Å². The second-order valence-corrected chi connectivity index (χ2v) is 5.86. The van der Waals surface area contributed by atoms with Gasteiger partial charge in [0, 0.05) is 38.3 Å². The minimum atomic E-state index is -0.424. The topological polar surface area (TPSA) is 73.6 Å². The van der Waals surface area contributed by atoms with Gasteiger partial charge in [-0.15, -0.1) is 0 Å². The highest BCUT2D eigenvalue weighted by Crippen LogP contribution is 2.28. The van der Waals surface area contributed by atoms with E-state index in [1.54, 1.807) is 19.2 Å². The summed E-state index contributed by atoms with van der Waals surface area (Å²) >= 11 is 0. The summed E-state index contributed by atoms with van der Waals surface area (Å²) in [6.45, 7) is 7.81. The van der Waals surface area contributed by atoms with E-state index in [9.17, 15) is 10.1 Å². The summed E-state index contributed by atoms with van der Waals surface area (Å²) in [5, 5.41) is 14.4. The van der Waals surface area contributed by atoms with E-state index >= 15 is 0 Å². The first-order valence-corrected chi connectivity index (χ1v) is 6.97. The normalized spacial score (nSPS) is 11.4. The van der Waals surface area contributed by atoms with Crippen molar-refractivity contribution in [1.29, 1.82) is 0 Å². The molecule has 118 valence electrons. The third-order valence-electron chi connectivity index (χ3n) is 2.79. The highest BCUT2D eigenvalue weighted by molar-refractivity contribution is 5.48. The van der Waals surface area contributed by atoms with Crippen LogP contribution in [-0.2, 0) is 11.3 Å². The van der Waals surface area contributed by atoms with Gasteiger partial charge in [0.25, 0.3) is 0 Å². The molecule has 1 aromatic rings. The third kappa shape index (κ3) is 6.55. The fourth-order valence-corrected chi connectivity index (χ4v) is 1.69. The molecule has 0 aromatic heterocycles. The van der Waals surface area contributed by atoms with Crippen molar-refractivity contribution >= 4 is 5.69 Å². The Bertz CT molecular complexity index is 469. The molecule has 0 fully saturated rings. The standard InChI is InChI=1S/C15H24N2O4/c1-15(2,3)16-11-12-6-7-13(17(18)19)14(10-12)21-9-5-8-20-4/h6-7,10,16H,5,8-9,11H2,1-4H3. The van der Waals surface area contributed by atoms with Crippen LogP contribution in [0.25, 0.3) is 0 Å². The zero-order valence-corrected chi connectivity index (χ0v) is 13.1. The molecule has 1 N–H and O–H groups in total. The molecule has 0 saturated heterocycles. The Labute approximate surface area is 125 Å². The van der Waals surface area contributed by atoms with E-state index in [0.29, 0.717) is 31.9 Å². The molecule has 0 bridgehead atoms. The number of rotatable bonds is 8. The number of ether oxygens (including phenoxy) is 2. The smallest absolute Gasteiger partial charge is 0.310 e. The summed E-state index contributed by atoms with van der Waals surface area (Å²) in [6.07, 6.45) is 0.693. The molecular weight excluding hydrogens is 272 g/mol. The van der Waals surface area contributed by atoms with Gasteiger partial charge in [-0.2, -0.15) is 0 Å². The van der Waals surface area contributed by atoms with Crippen LogP contribution in [0.5, 0.6) is 5.75 Å². The van der Waals surface area contributed by atoms with Crippen molar-refractivity contribution in [1.82, 2.24) is 5.32 Å². The van der Waals surface area contributed by atoms with Crippen LogP contribution in [0.4, 0.5) is 5.69 Å². The van der Waals surface area contributed by atoms with Crippen LogP contribution in [0.2, 0.25) is 0 Å². The van der Waals surface area contributed by atoms with Gasteiger partial charge >= 0.3 is 5.69 Å². The van der Waals surface area contributed by atoms with E-state index in [-0.39, 0.29) is 11.2 Å². The predicted octanol–water partition coefficient (Wildman–Crippen LogP) is 2.90. The molecule has 0 aliphatic rings. The van der Waals surface area contributed by atoms with Crippen molar-refractivity contribution < 1.29 is 14.4 Å². The maximum absolute atomic E-state index is 11.0. The molecule has 6 nitrogen and oxygen atoms in total. The number of nitro benzene ring substituents is 1. The summed E-state index contributed by atoms with van der Waals surface area (Å²) in [5.41, 5.74) is 0.936. The lowest BCUT2D eigenvalue weighted by atomic mass is 10.1. The highest BCUT2D eigenvalue weighted by Gasteiger charge is 2.16. The number of methoxy groups -OCH3 is 1. The molecule has 0 heterocycles. The Balaban J connectivity index is 2.77. The minimum absolute atomic E-state index is 0.00748. The van der Waals surface area contributed by atoms with Crippen LogP contribution < -0.4 is 10.1 Å². The first-order valence-electron chi connectivity index (χ1n) is 6.97. The zero-order valence-electron chi connectivity index (χ0n) is 13.1. The summed E-state index contributed by atoms with van der Waals surface area (Å²) < 4.78 is 10.5. The summed E-state index contributed by atoms with van der Waals surface area (Å²) in [4.78, 5) is 10.6. The highest BCUT2D eigenvalue weighted by atomic mass is 16.6. The number of nitrogens with zero attached hydrogens (tertiary/aromatic N) is 1. The molecule has 0 spiro atoms. The van der Waals surface area contributed by atoms with Gasteiger partial charge in [0.2, 0.25) is 0 Å². The van der Waals surface area contributed by atoms with Crippen molar-refractivity contribution in [2.75, 3.05) is 20.3 Å². The van der Waals surface area contributed by atoms with Crippen LogP contribution in [0, 0.1) is 10.1 Å². The van der Waals surface area contributed by atoms with Crippen LogP contribution in [-0.4, -0.2) is 30.8 Å². The predicted molar refractivity (Wildman–Crippen MR) is 81.7 cm³/mol. The van der Waals surface area contributed by atoms with Gasteiger partial charge in [-0.25, -0.2) is 0 Å². The van der Waals surface area contributed by atoms with E-state index in [1.165, 1.54) is 6.07 Å². The van der Waals surface area contributed by atoms with Crippen LogP contribution >= 0.6 is 0 Å². The number of hydrogen-bond donors (Lipinski definition) is 1. The molecule has 1 aromatic carbocycles. The molecule has 6 heteroatoms. The summed E-state index contributed by atoms with van der Waals surface area (Å²) in [5.74, 6) is 0.310. The number of benzene rings is 1. The lowest BCUT2D eigenvalue weighted by molar-refractivity contribution is -0.385. The van der Waals surface area contributed by atoms with Gasteiger partial charge in [0.15, 0.2) is 5.75 Å². The average molecular weight is 296 g/mol. The Kier molecular flexibility index (Phi) is 6.58. The van der Waals surface area contributed by atoms with E-state index in [0.717, 1.165) is 5.56 Å². The molecule has 1 rings (SSSR count). The number of nitrogens with one attached hydrogen (secondary N) is 1. The Morgan fingerprint density at radius 2 is 2.00 bits per heavy atom. The average Bonchev–Trinajstić information content (AvgIpc) is 2.40. The van der Waals surface area contributed by atoms with Gasteiger partial charge in [0.05, 0.1) is 11.5 Å². The molecule has 0 aliphatic heterocycles. The quantitative estimate of drug-likeness (QED) is 0.453. The molecule has 0 radical (unpaired) electrons. The first-order chi connectivity index (χ1) is 9.83. The fraction of sp³-hybridized carbons (Fsp3) is 0.600. The molecule has 0 atom stereocenters. The Hall–Kier alpha value is -1.66. The lowest BCUT2D eigenvalue weighted by Gasteiger charge is -2.20. The fourth-order valence-electron chi connectivity index (χ4n) is 1.69. The SMILES string of the molecule is COCCCOc1cc(CNC(C)(C)C)ccc1[N+](=O)[O-]. The molecular formula is C15H24N2O4. The maximum Gasteiger partial charge on any atom is 0.310 e. The van der Waals surface area contributed by atoms with Gasteiger partial charge in [0.1, 0.15) is 0 Å². The Morgan fingerprint density at radius 1 is 1.29 bits per heavy atom. The van der Waals surface area contributed by atoms with E-state index in [1.807, 2.05) is 0 Å². The van der Waals surface area contributed by atoms with Gasteiger partial charge in [-0.3, -0.25) is 10.1 Å².